The van der Waals surface area contributed by atoms with E-state index in [2.05, 4.69) is 0 Å². The maximum absolute atomic E-state index is 5.80. The van der Waals surface area contributed by atoms with Gasteiger partial charge in [-0.05, 0) is 42.8 Å². The molecule has 2 rings (SSSR count). The third kappa shape index (κ3) is 2.47. The van der Waals surface area contributed by atoms with Crippen LogP contribution in [0.25, 0.3) is 0 Å². The summed E-state index contributed by atoms with van der Waals surface area (Å²) < 4.78 is 5.71. The molecule has 0 unspecified atom stereocenters. The van der Waals surface area contributed by atoms with Crippen LogP contribution in [0.2, 0.25) is 5.02 Å². The first-order chi connectivity index (χ1) is 7.65. The van der Waals surface area contributed by atoms with Crippen molar-refractivity contribution in [1.29, 1.82) is 0 Å². The molecule has 0 aliphatic heterocycles. The normalized spacial score (nSPS) is 10.1. The molecule has 0 aliphatic carbocycles. The molecular weight excluding hydrogens is 222 g/mol. The van der Waals surface area contributed by atoms with Gasteiger partial charge in [0.05, 0.1) is 0 Å². The van der Waals surface area contributed by atoms with E-state index in [9.17, 15) is 0 Å². The van der Waals surface area contributed by atoms with Crippen molar-refractivity contribution in [2.24, 2.45) is 0 Å². The molecule has 0 saturated carbocycles. The van der Waals surface area contributed by atoms with Crippen LogP contribution in [0.1, 0.15) is 5.56 Å². The van der Waals surface area contributed by atoms with Crippen LogP contribution < -0.4 is 10.5 Å². The summed E-state index contributed by atoms with van der Waals surface area (Å²) in [7, 11) is 0. The van der Waals surface area contributed by atoms with Gasteiger partial charge in [0, 0.05) is 16.8 Å². The fourth-order valence-electron chi connectivity index (χ4n) is 1.36. The molecule has 0 amide bonds. The number of benzene rings is 2. The van der Waals surface area contributed by atoms with Crippen LogP contribution in [0.5, 0.6) is 11.5 Å². The highest BCUT2D eigenvalue weighted by molar-refractivity contribution is 6.30. The average Bonchev–Trinajstić information content (AvgIpc) is 2.27. The Morgan fingerprint density at radius 2 is 1.75 bits per heavy atom. The summed E-state index contributed by atoms with van der Waals surface area (Å²) in [4.78, 5) is 0. The van der Waals surface area contributed by atoms with Gasteiger partial charge in [0.2, 0.25) is 0 Å². The zero-order valence-electron chi connectivity index (χ0n) is 8.91. The largest absolute Gasteiger partial charge is 0.457 e. The molecule has 2 N–H and O–H groups in total. The van der Waals surface area contributed by atoms with Crippen molar-refractivity contribution in [3.63, 3.8) is 0 Å². The lowest BCUT2D eigenvalue weighted by atomic mass is 10.2. The Balaban J connectivity index is 2.26. The van der Waals surface area contributed by atoms with Gasteiger partial charge in [-0.3, -0.25) is 0 Å². The number of anilines is 1. The van der Waals surface area contributed by atoms with E-state index in [-0.39, 0.29) is 0 Å². The van der Waals surface area contributed by atoms with Gasteiger partial charge in [-0.1, -0.05) is 17.7 Å². The number of aryl methyl sites for hydroxylation is 1. The molecule has 0 bridgehead atoms. The van der Waals surface area contributed by atoms with Crippen molar-refractivity contribution in [3.05, 3.63) is 53.1 Å². The highest BCUT2D eigenvalue weighted by Gasteiger charge is 2.01. The molecule has 0 fully saturated rings. The summed E-state index contributed by atoms with van der Waals surface area (Å²) in [6, 6.07) is 12.8. The van der Waals surface area contributed by atoms with Crippen LogP contribution in [0, 0.1) is 6.92 Å². The van der Waals surface area contributed by atoms with Crippen molar-refractivity contribution in [1.82, 2.24) is 0 Å². The fourth-order valence-corrected chi connectivity index (χ4v) is 1.48. The quantitative estimate of drug-likeness (QED) is 0.795. The van der Waals surface area contributed by atoms with E-state index in [1.807, 2.05) is 37.3 Å². The zero-order chi connectivity index (χ0) is 11.5. The first-order valence-electron chi connectivity index (χ1n) is 4.95. The lowest BCUT2D eigenvalue weighted by molar-refractivity contribution is 0.479. The monoisotopic (exact) mass is 233 g/mol. The van der Waals surface area contributed by atoms with E-state index in [0.717, 1.165) is 17.1 Å². The van der Waals surface area contributed by atoms with Gasteiger partial charge in [-0.15, -0.1) is 0 Å². The molecule has 0 heterocycles. The molecule has 3 heteroatoms. The number of nitrogen functional groups attached to an aromatic ring is 1. The molecule has 2 aromatic rings. The molecule has 16 heavy (non-hydrogen) atoms. The SMILES string of the molecule is Cc1ccc(N)cc1Oc1ccc(Cl)cc1. The first-order valence-corrected chi connectivity index (χ1v) is 5.32. The molecule has 2 nitrogen and oxygen atoms in total. The first kappa shape index (κ1) is 10.8. The Bertz CT molecular complexity index is 494. The predicted octanol–water partition coefficient (Wildman–Crippen LogP) is 4.02. The van der Waals surface area contributed by atoms with Gasteiger partial charge >= 0.3 is 0 Å². The van der Waals surface area contributed by atoms with Crippen molar-refractivity contribution >= 4 is 17.3 Å². The summed E-state index contributed by atoms with van der Waals surface area (Å²) in [5, 5.41) is 0.691. The van der Waals surface area contributed by atoms with Gasteiger partial charge in [0.1, 0.15) is 11.5 Å². The van der Waals surface area contributed by atoms with Crippen molar-refractivity contribution in [3.8, 4) is 11.5 Å². The lowest BCUT2D eigenvalue weighted by Crippen LogP contribution is -1.90. The zero-order valence-corrected chi connectivity index (χ0v) is 9.66. The highest BCUT2D eigenvalue weighted by Crippen LogP contribution is 2.27. The Morgan fingerprint density at radius 1 is 1.06 bits per heavy atom. The molecule has 0 radical (unpaired) electrons. The molecule has 2 aromatic carbocycles. The van der Waals surface area contributed by atoms with Gasteiger partial charge in [0.15, 0.2) is 0 Å². The minimum Gasteiger partial charge on any atom is -0.457 e. The minimum atomic E-state index is 0.689. The fraction of sp³-hybridized carbons (Fsp3) is 0.0769. The molecule has 82 valence electrons. The summed E-state index contributed by atoms with van der Waals surface area (Å²) in [6.07, 6.45) is 0. The Morgan fingerprint density at radius 3 is 2.44 bits per heavy atom. The smallest absolute Gasteiger partial charge is 0.132 e. The molecule has 0 spiro atoms. The minimum absolute atomic E-state index is 0.689. The molecule has 0 aromatic heterocycles. The van der Waals surface area contributed by atoms with Crippen LogP contribution in [0.4, 0.5) is 5.69 Å². The van der Waals surface area contributed by atoms with E-state index in [0.29, 0.717) is 10.7 Å². The number of hydrogen-bond acceptors (Lipinski definition) is 2. The number of halogens is 1. The summed E-state index contributed by atoms with van der Waals surface area (Å²) in [5.41, 5.74) is 7.44. The maximum Gasteiger partial charge on any atom is 0.132 e. The second-order valence-corrected chi connectivity index (χ2v) is 4.02. The van der Waals surface area contributed by atoms with E-state index in [1.54, 1.807) is 12.1 Å². The summed E-state index contributed by atoms with van der Waals surface area (Å²) >= 11 is 5.80. The van der Waals surface area contributed by atoms with Crippen LogP contribution in [-0.2, 0) is 0 Å². The second-order valence-electron chi connectivity index (χ2n) is 3.58. The van der Waals surface area contributed by atoms with Crippen molar-refractivity contribution < 1.29 is 4.74 Å². The highest BCUT2D eigenvalue weighted by atomic mass is 35.5. The predicted molar refractivity (Wildman–Crippen MR) is 67.1 cm³/mol. The van der Waals surface area contributed by atoms with Crippen LogP contribution in [0.3, 0.4) is 0 Å². The Kier molecular flexibility index (Phi) is 3.02. The van der Waals surface area contributed by atoms with E-state index in [1.165, 1.54) is 0 Å². The molecule has 0 aliphatic rings. The van der Waals surface area contributed by atoms with E-state index >= 15 is 0 Å². The summed E-state index contributed by atoms with van der Waals surface area (Å²) in [6.45, 7) is 1.98. The van der Waals surface area contributed by atoms with Gasteiger partial charge in [0.25, 0.3) is 0 Å². The summed E-state index contributed by atoms with van der Waals surface area (Å²) in [5.74, 6) is 1.51. The second kappa shape index (κ2) is 4.45. The Hall–Kier alpha value is -1.67. The maximum atomic E-state index is 5.80. The standard InChI is InChI=1S/C13H12ClNO/c1-9-2-5-11(15)8-13(9)16-12-6-3-10(14)4-7-12/h2-8H,15H2,1H3. The third-order valence-corrected chi connectivity index (χ3v) is 2.51. The number of hydrogen-bond donors (Lipinski definition) is 1. The average molecular weight is 234 g/mol. The van der Waals surface area contributed by atoms with Gasteiger partial charge in [-0.25, -0.2) is 0 Å². The molecular formula is C13H12ClNO. The third-order valence-electron chi connectivity index (χ3n) is 2.25. The van der Waals surface area contributed by atoms with Crippen LogP contribution in [0.15, 0.2) is 42.5 Å². The molecule has 0 saturated heterocycles. The molecule has 0 atom stereocenters. The number of ether oxygens (including phenoxy) is 1. The lowest BCUT2D eigenvalue weighted by Gasteiger charge is -2.09. The van der Waals surface area contributed by atoms with Crippen molar-refractivity contribution in [2.45, 2.75) is 6.92 Å². The van der Waals surface area contributed by atoms with Crippen LogP contribution in [-0.4, -0.2) is 0 Å². The number of rotatable bonds is 2. The number of nitrogens with two attached hydrogens (primary N) is 1. The van der Waals surface area contributed by atoms with E-state index < -0.39 is 0 Å². The van der Waals surface area contributed by atoms with E-state index in [4.69, 9.17) is 22.1 Å². The van der Waals surface area contributed by atoms with Gasteiger partial charge < -0.3 is 10.5 Å². The van der Waals surface area contributed by atoms with Crippen molar-refractivity contribution in [2.75, 3.05) is 5.73 Å². The van der Waals surface area contributed by atoms with Crippen LogP contribution >= 0.6 is 11.6 Å². The van der Waals surface area contributed by atoms with Gasteiger partial charge in [-0.2, -0.15) is 0 Å². The topological polar surface area (TPSA) is 35.2 Å². The Labute approximate surface area is 99.6 Å².